The van der Waals surface area contributed by atoms with E-state index in [2.05, 4.69) is 22.1 Å². The fourth-order valence-corrected chi connectivity index (χ4v) is 0.626. The number of alkyl halides is 3. The second kappa shape index (κ2) is 6.47. The summed E-state index contributed by atoms with van der Waals surface area (Å²) in [4.78, 5) is 0. The van der Waals surface area contributed by atoms with Gasteiger partial charge in [0.2, 0.25) is 0 Å². The van der Waals surface area contributed by atoms with Gasteiger partial charge >= 0.3 is 6.18 Å². The van der Waals surface area contributed by atoms with Crippen molar-refractivity contribution in [1.29, 1.82) is 0 Å². The third kappa shape index (κ3) is 8.35. The lowest BCUT2D eigenvalue weighted by atomic mass is 10.6. The standard InChI is InChI=1S/C6H11F3O3S/c1-10-5(2-11-4-13)12-3-6(7,8)9/h5,13H,2-4H2,1H3. The number of hydrogen-bond donors (Lipinski definition) is 1. The second-order valence-corrected chi connectivity index (χ2v) is 2.35. The topological polar surface area (TPSA) is 27.7 Å². The van der Waals surface area contributed by atoms with Crippen LogP contribution in [0.2, 0.25) is 0 Å². The lowest BCUT2D eigenvalue weighted by molar-refractivity contribution is -0.232. The average molecular weight is 220 g/mol. The Morgan fingerprint density at radius 2 is 2.00 bits per heavy atom. The minimum atomic E-state index is -4.35. The van der Waals surface area contributed by atoms with Crippen LogP contribution >= 0.6 is 12.6 Å². The highest BCUT2D eigenvalue weighted by atomic mass is 32.1. The monoisotopic (exact) mass is 220 g/mol. The zero-order chi connectivity index (χ0) is 10.3. The minimum absolute atomic E-state index is 0.0733. The van der Waals surface area contributed by atoms with Crippen LogP contribution in [0.15, 0.2) is 0 Å². The summed E-state index contributed by atoms with van der Waals surface area (Å²) in [7, 11) is 1.24. The average Bonchev–Trinajstić information content (AvgIpc) is 2.03. The number of halogens is 3. The van der Waals surface area contributed by atoms with Crippen LogP contribution < -0.4 is 0 Å². The Hall–Kier alpha value is 0.0200. The molecule has 0 heterocycles. The Morgan fingerprint density at radius 3 is 2.38 bits per heavy atom. The van der Waals surface area contributed by atoms with Crippen LogP contribution in [0.1, 0.15) is 0 Å². The van der Waals surface area contributed by atoms with Crippen LogP contribution in [0.3, 0.4) is 0 Å². The Labute approximate surface area is 79.6 Å². The van der Waals surface area contributed by atoms with E-state index in [1.54, 1.807) is 0 Å². The molecule has 80 valence electrons. The second-order valence-electron chi connectivity index (χ2n) is 2.09. The highest BCUT2D eigenvalue weighted by Gasteiger charge is 2.29. The molecule has 0 aliphatic rings. The molecule has 0 rings (SSSR count). The van der Waals surface area contributed by atoms with Gasteiger partial charge in [0.05, 0.1) is 12.5 Å². The van der Waals surface area contributed by atoms with Crippen molar-refractivity contribution in [3.8, 4) is 0 Å². The van der Waals surface area contributed by atoms with E-state index in [0.717, 1.165) is 0 Å². The van der Waals surface area contributed by atoms with Gasteiger partial charge in [0, 0.05) is 7.11 Å². The first-order valence-electron chi connectivity index (χ1n) is 3.39. The van der Waals surface area contributed by atoms with Gasteiger partial charge in [0.15, 0.2) is 6.29 Å². The molecule has 0 N–H and O–H groups in total. The van der Waals surface area contributed by atoms with Gasteiger partial charge in [-0.2, -0.15) is 25.8 Å². The summed E-state index contributed by atoms with van der Waals surface area (Å²) in [5, 5.41) is 0. The first-order valence-corrected chi connectivity index (χ1v) is 4.02. The zero-order valence-corrected chi connectivity index (χ0v) is 7.90. The Kier molecular flexibility index (Phi) is 6.48. The normalized spacial score (nSPS) is 14.5. The van der Waals surface area contributed by atoms with Crippen LogP contribution in [-0.4, -0.2) is 38.7 Å². The van der Waals surface area contributed by atoms with Crippen LogP contribution in [0.5, 0.6) is 0 Å². The number of thiol groups is 1. The van der Waals surface area contributed by atoms with E-state index >= 15 is 0 Å². The molecular weight excluding hydrogens is 209 g/mol. The highest BCUT2D eigenvalue weighted by molar-refractivity contribution is 7.80. The van der Waals surface area contributed by atoms with E-state index in [4.69, 9.17) is 4.74 Å². The highest BCUT2D eigenvalue weighted by Crippen LogP contribution is 2.15. The van der Waals surface area contributed by atoms with Gasteiger partial charge in [0.25, 0.3) is 0 Å². The van der Waals surface area contributed by atoms with Crippen molar-refractivity contribution >= 4 is 12.6 Å². The third-order valence-electron chi connectivity index (χ3n) is 1.04. The van der Waals surface area contributed by atoms with Gasteiger partial charge < -0.3 is 14.2 Å². The van der Waals surface area contributed by atoms with E-state index < -0.39 is 19.1 Å². The lowest BCUT2D eigenvalue weighted by Crippen LogP contribution is -2.28. The molecule has 1 unspecified atom stereocenters. The lowest BCUT2D eigenvalue weighted by Gasteiger charge is -2.16. The number of rotatable bonds is 6. The van der Waals surface area contributed by atoms with Gasteiger partial charge in [0.1, 0.15) is 6.61 Å². The summed E-state index contributed by atoms with van der Waals surface area (Å²) >= 11 is 3.70. The summed E-state index contributed by atoms with van der Waals surface area (Å²) in [5.41, 5.74) is 0. The van der Waals surface area contributed by atoms with Crippen molar-refractivity contribution in [3.05, 3.63) is 0 Å². The fourth-order valence-electron chi connectivity index (χ4n) is 0.521. The molecule has 0 aliphatic heterocycles. The first kappa shape index (κ1) is 13.0. The zero-order valence-electron chi connectivity index (χ0n) is 7.00. The summed E-state index contributed by atoms with van der Waals surface area (Å²) < 4.78 is 48.5. The number of hydrogen-bond acceptors (Lipinski definition) is 4. The number of ether oxygens (including phenoxy) is 3. The molecule has 0 saturated carbocycles. The van der Waals surface area contributed by atoms with E-state index in [0.29, 0.717) is 0 Å². The van der Waals surface area contributed by atoms with Crippen LogP contribution in [0.4, 0.5) is 13.2 Å². The van der Waals surface area contributed by atoms with E-state index in [-0.39, 0.29) is 12.5 Å². The predicted octanol–water partition coefficient (Wildman–Crippen LogP) is 1.44. The maximum atomic E-state index is 11.6. The Bertz CT molecular complexity index is 131. The Morgan fingerprint density at radius 1 is 1.38 bits per heavy atom. The molecule has 0 saturated heterocycles. The summed E-state index contributed by atoms with van der Waals surface area (Å²) in [6, 6.07) is 0. The summed E-state index contributed by atoms with van der Waals surface area (Å²) in [5.74, 6) is 0.106. The summed E-state index contributed by atoms with van der Waals surface area (Å²) in [6.45, 7) is -1.42. The SMILES string of the molecule is COC(COCS)OCC(F)(F)F. The maximum absolute atomic E-state index is 11.6. The molecule has 0 spiro atoms. The fraction of sp³-hybridized carbons (Fsp3) is 1.00. The smallest absolute Gasteiger partial charge is 0.366 e. The molecule has 0 amide bonds. The molecule has 0 bridgehead atoms. The van der Waals surface area contributed by atoms with Gasteiger partial charge in [-0.05, 0) is 0 Å². The molecule has 1 atom stereocenters. The van der Waals surface area contributed by atoms with Crippen LogP contribution in [0.25, 0.3) is 0 Å². The quantitative estimate of drug-likeness (QED) is 0.542. The molecule has 3 nitrogen and oxygen atoms in total. The van der Waals surface area contributed by atoms with Gasteiger partial charge in [-0.1, -0.05) is 0 Å². The molecule has 0 aliphatic carbocycles. The maximum Gasteiger partial charge on any atom is 0.411 e. The molecule has 13 heavy (non-hydrogen) atoms. The van der Waals surface area contributed by atoms with Crippen LogP contribution in [0, 0.1) is 0 Å². The van der Waals surface area contributed by atoms with Crippen molar-refractivity contribution in [3.63, 3.8) is 0 Å². The number of methoxy groups -OCH3 is 1. The van der Waals surface area contributed by atoms with Crippen molar-refractivity contribution < 1.29 is 27.4 Å². The van der Waals surface area contributed by atoms with Gasteiger partial charge in [-0.15, -0.1) is 0 Å². The van der Waals surface area contributed by atoms with Gasteiger partial charge in [-0.3, -0.25) is 0 Å². The third-order valence-corrected chi connectivity index (χ3v) is 1.22. The minimum Gasteiger partial charge on any atom is -0.366 e. The van der Waals surface area contributed by atoms with Crippen molar-refractivity contribution in [2.75, 3.05) is 26.3 Å². The van der Waals surface area contributed by atoms with E-state index in [1.807, 2.05) is 0 Å². The predicted molar refractivity (Wildman–Crippen MR) is 42.6 cm³/mol. The molecular formula is C6H11F3O3S. The molecule has 0 aromatic heterocycles. The Balaban J connectivity index is 3.59. The summed E-state index contributed by atoms with van der Waals surface area (Å²) in [6.07, 6.45) is -5.36. The molecule has 0 aromatic rings. The van der Waals surface area contributed by atoms with E-state index in [9.17, 15) is 13.2 Å². The molecule has 0 aromatic carbocycles. The molecule has 7 heteroatoms. The molecule has 0 radical (unpaired) electrons. The molecule has 0 fully saturated rings. The largest absolute Gasteiger partial charge is 0.411 e. The van der Waals surface area contributed by atoms with E-state index in [1.165, 1.54) is 7.11 Å². The van der Waals surface area contributed by atoms with Crippen molar-refractivity contribution in [2.45, 2.75) is 12.5 Å². The van der Waals surface area contributed by atoms with Gasteiger partial charge in [-0.25, -0.2) is 0 Å². The van der Waals surface area contributed by atoms with Crippen molar-refractivity contribution in [1.82, 2.24) is 0 Å². The first-order chi connectivity index (χ1) is 5.99. The van der Waals surface area contributed by atoms with Crippen LogP contribution in [-0.2, 0) is 14.2 Å². The van der Waals surface area contributed by atoms with Crippen molar-refractivity contribution in [2.24, 2.45) is 0 Å².